The molecule has 0 radical (unpaired) electrons. The first-order valence-corrected chi connectivity index (χ1v) is 6.53. The first kappa shape index (κ1) is 14.3. The molecule has 0 bridgehead atoms. The third-order valence-electron chi connectivity index (χ3n) is 3.44. The number of hydrogen-bond acceptors (Lipinski definition) is 5. The highest BCUT2D eigenvalue weighted by atomic mass is 16.6. The zero-order valence-electron chi connectivity index (χ0n) is 11.3. The molecule has 1 aliphatic rings. The summed E-state index contributed by atoms with van der Waals surface area (Å²) in [6.45, 7) is 0.491. The van der Waals surface area contributed by atoms with Gasteiger partial charge in [-0.1, -0.05) is 0 Å². The summed E-state index contributed by atoms with van der Waals surface area (Å²) in [6.07, 6.45) is 2.25. The van der Waals surface area contributed by atoms with Gasteiger partial charge >= 0.3 is 0 Å². The summed E-state index contributed by atoms with van der Waals surface area (Å²) in [5.74, 6) is 0.168. The highest BCUT2D eigenvalue weighted by Gasteiger charge is 2.28. The van der Waals surface area contributed by atoms with Crippen molar-refractivity contribution in [3.8, 4) is 0 Å². The lowest BCUT2D eigenvalue weighted by Crippen LogP contribution is -2.31. The fraction of sp³-hybridized carbons (Fsp3) is 0.462. The molecule has 2 rings (SSSR count). The minimum atomic E-state index is -0.503. The number of hydrogen-bond donors (Lipinski definition) is 3. The van der Waals surface area contributed by atoms with Gasteiger partial charge in [0.05, 0.1) is 4.92 Å². The number of nitrogens with two attached hydrogens (primary N) is 1. The van der Waals surface area contributed by atoms with Crippen molar-refractivity contribution in [2.24, 2.45) is 11.7 Å². The van der Waals surface area contributed by atoms with Gasteiger partial charge in [0, 0.05) is 31.3 Å². The van der Waals surface area contributed by atoms with Crippen molar-refractivity contribution < 1.29 is 9.72 Å². The number of carbonyl (C=O) groups is 1. The van der Waals surface area contributed by atoms with Crippen molar-refractivity contribution in [3.05, 3.63) is 33.9 Å². The lowest BCUT2D eigenvalue weighted by Gasteiger charge is -2.13. The van der Waals surface area contributed by atoms with E-state index in [1.54, 1.807) is 12.1 Å². The van der Waals surface area contributed by atoms with Crippen molar-refractivity contribution in [1.82, 2.24) is 5.32 Å². The van der Waals surface area contributed by atoms with Gasteiger partial charge in [-0.15, -0.1) is 0 Å². The molecule has 0 aliphatic heterocycles. The fourth-order valence-electron chi connectivity index (χ4n) is 2.04. The Labute approximate surface area is 116 Å². The molecule has 0 aromatic heterocycles. The number of anilines is 1. The maximum atomic E-state index is 11.5. The predicted octanol–water partition coefficient (Wildman–Crippen LogP) is 1.10. The molecule has 1 aromatic carbocycles. The lowest BCUT2D eigenvalue weighted by atomic mass is 10.1. The van der Waals surface area contributed by atoms with E-state index in [4.69, 9.17) is 5.73 Å². The van der Waals surface area contributed by atoms with E-state index in [2.05, 4.69) is 10.6 Å². The average Bonchev–Trinajstić information content (AvgIpc) is 3.28. The molecule has 1 unspecified atom stereocenters. The van der Waals surface area contributed by atoms with Gasteiger partial charge in [0.1, 0.15) is 5.69 Å². The summed E-state index contributed by atoms with van der Waals surface area (Å²) < 4.78 is 0. The van der Waals surface area contributed by atoms with Crippen LogP contribution in [-0.2, 0) is 0 Å². The third kappa shape index (κ3) is 3.24. The van der Waals surface area contributed by atoms with Crippen LogP contribution in [0.25, 0.3) is 0 Å². The summed E-state index contributed by atoms with van der Waals surface area (Å²) in [7, 11) is 1.48. The number of carbonyl (C=O) groups excluding carboxylic acids is 1. The van der Waals surface area contributed by atoms with E-state index >= 15 is 0 Å². The average molecular weight is 278 g/mol. The molecular formula is C13H18N4O3. The van der Waals surface area contributed by atoms with Crippen LogP contribution in [0.1, 0.15) is 23.2 Å². The highest BCUT2D eigenvalue weighted by Crippen LogP contribution is 2.32. The second-order valence-electron chi connectivity index (χ2n) is 4.95. The van der Waals surface area contributed by atoms with E-state index < -0.39 is 4.92 Å². The van der Waals surface area contributed by atoms with E-state index in [-0.39, 0.29) is 23.2 Å². The summed E-state index contributed by atoms with van der Waals surface area (Å²) in [4.78, 5) is 22.1. The van der Waals surface area contributed by atoms with Crippen LogP contribution in [0.2, 0.25) is 0 Å². The van der Waals surface area contributed by atoms with Gasteiger partial charge < -0.3 is 16.4 Å². The van der Waals surface area contributed by atoms with Crippen molar-refractivity contribution >= 4 is 17.3 Å². The second kappa shape index (κ2) is 5.87. The molecule has 1 atom stereocenters. The molecular weight excluding hydrogens is 260 g/mol. The van der Waals surface area contributed by atoms with E-state index in [9.17, 15) is 14.9 Å². The van der Waals surface area contributed by atoms with Gasteiger partial charge in [-0.3, -0.25) is 14.9 Å². The van der Waals surface area contributed by atoms with Crippen LogP contribution in [0.5, 0.6) is 0 Å². The number of nitrogens with one attached hydrogen (secondary N) is 2. The number of nitrogens with zero attached hydrogens (tertiary/aromatic N) is 1. The van der Waals surface area contributed by atoms with Crippen molar-refractivity contribution in [3.63, 3.8) is 0 Å². The normalized spacial score (nSPS) is 15.5. The van der Waals surface area contributed by atoms with E-state index in [1.807, 2.05) is 0 Å². The van der Waals surface area contributed by atoms with Gasteiger partial charge in [-0.2, -0.15) is 0 Å². The van der Waals surface area contributed by atoms with E-state index in [0.29, 0.717) is 18.2 Å². The number of amides is 1. The summed E-state index contributed by atoms with van der Waals surface area (Å²) in [5, 5.41) is 16.5. The van der Waals surface area contributed by atoms with Crippen LogP contribution in [0, 0.1) is 16.0 Å². The van der Waals surface area contributed by atoms with Crippen LogP contribution in [0.3, 0.4) is 0 Å². The summed E-state index contributed by atoms with van der Waals surface area (Å²) in [6, 6.07) is 4.37. The minimum absolute atomic E-state index is 0.00761. The van der Waals surface area contributed by atoms with Gasteiger partial charge in [0.25, 0.3) is 11.6 Å². The van der Waals surface area contributed by atoms with Gasteiger partial charge in [-0.05, 0) is 30.9 Å². The zero-order chi connectivity index (χ0) is 14.7. The largest absolute Gasteiger partial charge is 0.378 e. The van der Waals surface area contributed by atoms with Crippen molar-refractivity contribution in [2.75, 3.05) is 18.9 Å². The molecule has 0 spiro atoms. The first-order valence-electron chi connectivity index (χ1n) is 6.53. The van der Waals surface area contributed by atoms with Gasteiger partial charge in [-0.25, -0.2) is 0 Å². The molecule has 1 saturated carbocycles. The number of rotatable bonds is 6. The molecule has 108 valence electrons. The maximum Gasteiger partial charge on any atom is 0.293 e. The molecule has 1 aromatic rings. The van der Waals surface area contributed by atoms with Crippen molar-refractivity contribution in [2.45, 2.75) is 18.9 Å². The van der Waals surface area contributed by atoms with Crippen LogP contribution in [0.15, 0.2) is 18.2 Å². The van der Waals surface area contributed by atoms with E-state index in [1.165, 1.54) is 13.1 Å². The van der Waals surface area contributed by atoms with Crippen LogP contribution >= 0.6 is 0 Å². The molecule has 1 aliphatic carbocycles. The minimum Gasteiger partial charge on any atom is -0.378 e. The number of nitro groups is 1. The van der Waals surface area contributed by atoms with E-state index in [0.717, 1.165) is 12.8 Å². The zero-order valence-corrected chi connectivity index (χ0v) is 11.3. The smallest absolute Gasteiger partial charge is 0.293 e. The SMILES string of the molecule is CNC(=O)c1ccc(NCC(N)C2CC2)c([N+](=O)[O-])c1. The Morgan fingerprint density at radius 3 is 2.80 bits per heavy atom. The monoisotopic (exact) mass is 278 g/mol. The standard InChI is InChI=1S/C13H18N4O3/c1-15-13(18)9-4-5-11(12(6-9)17(19)20)16-7-10(14)8-2-3-8/h4-6,8,10,16H,2-3,7,14H2,1H3,(H,15,18). The number of nitro benzene ring substituents is 1. The number of benzene rings is 1. The summed E-state index contributed by atoms with van der Waals surface area (Å²) >= 11 is 0. The van der Waals surface area contributed by atoms with Crippen LogP contribution in [-0.4, -0.2) is 30.5 Å². The Hall–Kier alpha value is -2.15. The second-order valence-corrected chi connectivity index (χ2v) is 4.95. The predicted molar refractivity (Wildman–Crippen MR) is 75.7 cm³/mol. The summed E-state index contributed by atoms with van der Waals surface area (Å²) in [5.41, 5.74) is 6.49. The molecule has 7 nitrogen and oxygen atoms in total. The Bertz CT molecular complexity index is 528. The Morgan fingerprint density at radius 2 is 2.25 bits per heavy atom. The highest BCUT2D eigenvalue weighted by molar-refractivity contribution is 5.95. The molecule has 4 N–H and O–H groups in total. The van der Waals surface area contributed by atoms with Crippen LogP contribution < -0.4 is 16.4 Å². The third-order valence-corrected chi connectivity index (χ3v) is 3.44. The Balaban J connectivity index is 2.14. The van der Waals surface area contributed by atoms with Gasteiger partial charge in [0.2, 0.25) is 0 Å². The molecule has 1 amide bonds. The maximum absolute atomic E-state index is 11.5. The molecule has 0 heterocycles. The first-order chi connectivity index (χ1) is 9.52. The Morgan fingerprint density at radius 1 is 1.55 bits per heavy atom. The quantitative estimate of drug-likeness (QED) is 0.533. The lowest BCUT2D eigenvalue weighted by molar-refractivity contribution is -0.384. The molecule has 1 fully saturated rings. The van der Waals surface area contributed by atoms with Gasteiger partial charge in [0.15, 0.2) is 0 Å². The van der Waals surface area contributed by atoms with Crippen molar-refractivity contribution in [1.29, 1.82) is 0 Å². The Kier molecular flexibility index (Phi) is 4.19. The fourth-order valence-corrected chi connectivity index (χ4v) is 2.04. The molecule has 20 heavy (non-hydrogen) atoms. The van der Waals surface area contributed by atoms with Crippen LogP contribution in [0.4, 0.5) is 11.4 Å². The topological polar surface area (TPSA) is 110 Å². The molecule has 0 saturated heterocycles. The molecule has 7 heteroatoms.